The summed E-state index contributed by atoms with van der Waals surface area (Å²) in [4.78, 5) is 0. The Labute approximate surface area is 120 Å². The molecule has 0 amide bonds. The quantitative estimate of drug-likeness (QED) is 0.823. The van der Waals surface area contributed by atoms with Crippen LogP contribution in [0.25, 0.3) is 0 Å². The number of rotatable bonds is 1. The van der Waals surface area contributed by atoms with Crippen LogP contribution in [0.2, 0.25) is 0 Å². The van der Waals surface area contributed by atoms with E-state index in [1.165, 1.54) is 16.7 Å². The van der Waals surface area contributed by atoms with E-state index in [2.05, 4.69) is 41.7 Å². The van der Waals surface area contributed by atoms with Gasteiger partial charge in [0.2, 0.25) is 0 Å². The van der Waals surface area contributed by atoms with Crippen molar-refractivity contribution in [3.05, 3.63) is 47.2 Å². The summed E-state index contributed by atoms with van der Waals surface area (Å²) in [5.74, 6) is 0.409. The van der Waals surface area contributed by atoms with Crippen LogP contribution in [-0.2, 0) is 0 Å². The lowest BCUT2D eigenvalue weighted by atomic mass is 9.80. The summed E-state index contributed by atoms with van der Waals surface area (Å²) in [5.41, 5.74) is 8.07. The molecular weight excluding hydrogens is 248 g/mol. The molecule has 1 saturated carbocycles. The number of benzene rings is 1. The summed E-state index contributed by atoms with van der Waals surface area (Å²) < 4.78 is 0. The van der Waals surface area contributed by atoms with Gasteiger partial charge < -0.3 is 5.11 Å². The third-order valence-corrected chi connectivity index (χ3v) is 4.36. The summed E-state index contributed by atoms with van der Waals surface area (Å²) >= 11 is 0. The standard InChI is InChI=1S/C17H22N2O/c1-12-5-7-13(8-6-12)17-16-4-2-3-15(20)10-9-14(16)11-18-19-17/h5-8,11,15-16,18,20H,2-4,9-10H2,1H3. The van der Waals surface area contributed by atoms with Gasteiger partial charge in [0, 0.05) is 12.1 Å². The van der Waals surface area contributed by atoms with Crippen LogP contribution in [0.5, 0.6) is 0 Å². The first-order chi connectivity index (χ1) is 9.74. The Balaban J connectivity index is 1.85. The monoisotopic (exact) mass is 270 g/mol. The van der Waals surface area contributed by atoms with Crippen LogP contribution in [0.3, 0.4) is 0 Å². The summed E-state index contributed by atoms with van der Waals surface area (Å²) in [6, 6.07) is 8.60. The van der Waals surface area contributed by atoms with E-state index < -0.39 is 0 Å². The first kappa shape index (κ1) is 13.4. The van der Waals surface area contributed by atoms with E-state index in [0.717, 1.165) is 37.8 Å². The van der Waals surface area contributed by atoms with Crippen LogP contribution in [-0.4, -0.2) is 16.9 Å². The largest absolute Gasteiger partial charge is 0.393 e. The van der Waals surface area contributed by atoms with Gasteiger partial charge >= 0.3 is 0 Å². The number of fused-ring (bicyclic) bond motifs is 1. The minimum absolute atomic E-state index is 0.140. The van der Waals surface area contributed by atoms with Gasteiger partial charge in [0.05, 0.1) is 11.8 Å². The zero-order chi connectivity index (χ0) is 13.9. The molecule has 0 saturated heterocycles. The van der Waals surface area contributed by atoms with Crippen molar-refractivity contribution in [2.75, 3.05) is 0 Å². The van der Waals surface area contributed by atoms with Crippen molar-refractivity contribution in [2.24, 2.45) is 11.0 Å². The fourth-order valence-corrected chi connectivity index (χ4v) is 3.13. The number of hydrazone groups is 1. The normalized spacial score (nSPS) is 26.5. The van der Waals surface area contributed by atoms with Crippen LogP contribution >= 0.6 is 0 Å². The SMILES string of the molecule is Cc1ccc(C2=NNC=C3CCC(O)CCCC32)cc1. The highest BCUT2D eigenvalue weighted by atomic mass is 16.3. The Hall–Kier alpha value is -1.61. The first-order valence-corrected chi connectivity index (χ1v) is 7.51. The van der Waals surface area contributed by atoms with E-state index >= 15 is 0 Å². The number of hydrogen-bond acceptors (Lipinski definition) is 3. The average Bonchev–Trinajstić information content (AvgIpc) is 2.44. The molecule has 3 rings (SSSR count). The molecule has 2 unspecified atom stereocenters. The van der Waals surface area contributed by atoms with E-state index in [0.29, 0.717) is 5.92 Å². The molecule has 2 aliphatic rings. The number of nitrogens with one attached hydrogen (secondary N) is 1. The molecule has 1 aromatic carbocycles. The molecule has 0 radical (unpaired) electrons. The lowest BCUT2D eigenvalue weighted by Gasteiger charge is -2.29. The fourth-order valence-electron chi connectivity index (χ4n) is 3.13. The van der Waals surface area contributed by atoms with Crippen LogP contribution in [0, 0.1) is 12.8 Å². The number of allylic oxidation sites excluding steroid dienone is 1. The molecule has 2 N–H and O–H groups in total. The molecule has 3 heteroatoms. The van der Waals surface area contributed by atoms with Gasteiger partial charge in [-0.2, -0.15) is 5.10 Å². The van der Waals surface area contributed by atoms with E-state index in [9.17, 15) is 5.11 Å². The summed E-state index contributed by atoms with van der Waals surface area (Å²) in [7, 11) is 0. The van der Waals surface area contributed by atoms with Gasteiger partial charge in [-0.3, -0.25) is 5.43 Å². The Morgan fingerprint density at radius 1 is 1.15 bits per heavy atom. The average molecular weight is 270 g/mol. The van der Waals surface area contributed by atoms with Gasteiger partial charge in [0.15, 0.2) is 0 Å². The number of nitrogens with zero attached hydrogens (tertiary/aromatic N) is 1. The Morgan fingerprint density at radius 2 is 1.95 bits per heavy atom. The Kier molecular flexibility index (Phi) is 3.88. The van der Waals surface area contributed by atoms with Crippen molar-refractivity contribution < 1.29 is 5.11 Å². The van der Waals surface area contributed by atoms with Crippen molar-refractivity contribution in [1.29, 1.82) is 0 Å². The van der Waals surface area contributed by atoms with Crippen LogP contribution in [0.15, 0.2) is 41.1 Å². The molecule has 20 heavy (non-hydrogen) atoms. The molecule has 0 spiro atoms. The van der Waals surface area contributed by atoms with E-state index in [4.69, 9.17) is 0 Å². The predicted octanol–water partition coefficient (Wildman–Crippen LogP) is 3.13. The highest BCUT2D eigenvalue weighted by Crippen LogP contribution is 2.32. The molecule has 1 aliphatic heterocycles. The van der Waals surface area contributed by atoms with Gasteiger partial charge in [-0.05, 0) is 50.2 Å². The molecule has 3 nitrogen and oxygen atoms in total. The fraction of sp³-hybridized carbons (Fsp3) is 0.471. The first-order valence-electron chi connectivity index (χ1n) is 7.51. The van der Waals surface area contributed by atoms with E-state index in [1.54, 1.807) is 0 Å². The summed E-state index contributed by atoms with van der Waals surface area (Å²) in [6.45, 7) is 2.10. The molecule has 0 aromatic heterocycles. The minimum Gasteiger partial charge on any atom is -0.393 e. The van der Waals surface area contributed by atoms with Crippen molar-refractivity contribution in [2.45, 2.75) is 45.1 Å². The molecule has 0 bridgehead atoms. The Bertz CT molecular complexity index is 530. The third-order valence-electron chi connectivity index (χ3n) is 4.36. The second-order valence-corrected chi connectivity index (χ2v) is 5.89. The van der Waals surface area contributed by atoms with Gasteiger partial charge in [-0.1, -0.05) is 29.8 Å². The second kappa shape index (κ2) is 5.80. The van der Waals surface area contributed by atoms with Gasteiger partial charge in [0.1, 0.15) is 0 Å². The Morgan fingerprint density at radius 3 is 2.75 bits per heavy atom. The molecular formula is C17H22N2O. The maximum absolute atomic E-state index is 9.84. The van der Waals surface area contributed by atoms with Crippen LogP contribution in [0.4, 0.5) is 0 Å². The zero-order valence-corrected chi connectivity index (χ0v) is 12.0. The smallest absolute Gasteiger partial charge is 0.0751 e. The molecule has 1 fully saturated rings. The third kappa shape index (κ3) is 2.78. The summed E-state index contributed by atoms with van der Waals surface area (Å²) in [6.07, 6.45) is 6.78. The van der Waals surface area contributed by atoms with Crippen molar-refractivity contribution in [3.8, 4) is 0 Å². The summed E-state index contributed by atoms with van der Waals surface area (Å²) in [5, 5.41) is 14.4. The number of aliphatic hydroxyl groups excluding tert-OH is 1. The zero-order valence-electron chi connectivity index (χ0n) is 12.0. The highest BCUT2D eigenvalue weighted by Gasteiger charge is 2.27. The topological polar surface area (TPSA) is 44.6 Å². The second-order valence-electron chi connectivity index (χ2n) is 5.89. The molecule has 1 heterocycles. The highest BCUT2D eigenvalue weighted by molar-refractivity contribution is 6.04. The lowest BCUT2D eigenvalue weighted by Crippen LogP contribution is -2.28. The lowest BCUT2D eigenvalue weighted by molar-refractivity contribution is 0.145. The molecule has 106 valence electrons. The number of aryl methyl sites for hydroxylation is 1. The molecule has 1 aromatic rings. The van der Waals surface area contributed by atoms with Gasteiger partial charge in [0.25, 0.3) is 0 Å². The predicted molar refractivity (Wildman–Crippen MR) is 81.5 cm³/mol. The number of aliphatic hydroxyl groups is 1. The molecule has 1 aliphatic carbocycles. The van der Waals surface area contributed by atoms with E-state index in [1.807, 2.05) is 6.20 Å². The van der Waals surface area contributed by atoms with Crippen molar-refractivity contribution in [3.63, 3.8) is 0 Å². The van der Waals surface area contributed by atoms with Gasteiger partial charge in [-0.25, -0.2) is 0 Å². The minimum atomic E-state index is -0.140. The maximum atomic E-state index is 9.84. The van der Waals surface area contributed by atoms with Crippen LogP contribution in [0.1, 0.15) is 43.2 Å². The van der Waals surface area contributed by atoms with Gasteiger partial charge in [-0.15, -0.1) is 0 Å². The van der Waals surface area contributed by atoms with Crippen molar-refractivity contribution in [1.82, 2.24) is 5.43 Å². The molecule has 2 atom stereocenters. The van der Waals surface area contributed by atoms with Crippen molar-refractivity contribution >= 4 is 5.71 Å². The van der Waals surface area contributed by atoms with Crippen LogP contribution < -0.4 is 5.43 Å². The number of hydrogen-bond donors (Lipinski definition) is 2. The maximum Gasteiger partial charge on any atom is 0.0751 e. The van der Waals surface area contributed by atoms with E-state index in [-0.39, 0.29) is 6.10 Å².